The van der Waals surface area contributed by atoms with Crippen molar-refractivity contribution in [1.29, 1.82) is 0 Å². The van der Waals surface area contributed by atoms with Crippen LogP contribution in [0.4, 0.5) is 0 Å². The van der Waals surface area contributed by atoms with Crippen LogP contribution in [-0.2, 0) is 15.4 Å². The van der Waals surface area contributed by atoms with Crippen molar-refractivity contribution in [3.05, 3.63) is 23.8 Å². The normalized spacial score (nSPS) is 19.1. The van der Waals surface area contributed by atoms with Gasteiger partial charge >= 0.3 is 0 Å². The molecular formula is C14H21NO3S. The molecule has 0 spiro atoms. The number of para-hydroxylation sites is 1. The largest absolute Gasteiger partial charge is 0.495 e. The predicted octanol–water partition coefficient (Wildman–Crippen LogP) is 2.22. The minimum Gasteiger partial charge on any atom is -0.495 e. The topological polar surface area (TPSA) is 69.4 Å². The molecule has 1 aliphatic rings. The molecule has 106 valence electrons. The predicted molar refractivity (Wildman–Crippen MR) is 75.1 cm³/mol. The zero-order valence-electron chi connectivity index (χ0n) is 11.5. The van der Waals surface area contributed by atoms with E-state index in [0.29, 0.717) is 5.75 Å². The van der Waals surface area contributed by atoms with Crippen LogP contribution in [0.2, 0.25) is 0 Å². The molecule has 2 rings (SSSR count). The minimum absolute atomic E-state index is 0.225. The molecule has 1 aliphatic carbocycles. The Morgan fingerprint density at radius 3 is 2.37 bits per heavy atom. The van der Waals surface area contributed by atoms with Crippen molar-refractivity contribution in [2.24, 2.45) is 5.73 Å². The van der Waals surface area contributed by atoms with Gasteiger partial charge in [-0.3, -0.25) is 0 Å². The number of hydrogen-bond donors (Lipinski definition) is 1. The fraction of sp³-hybridized carbons (Fsp3) is 0.571. The van der Waals surface area contributed by atoms with Crippen LogP contribution >= 0.6 is 0 Å². The Morgan fingerprint density at radius 2 is 1.84 bits per heavy atom. The van der Waals surface area contributed by atoms with Gasteiger partial charge in [-0.15, -0.1) is 0 Å². The third kappa shape index (κ3) is 2.77. The third-order valence-electron chi connectivity index (χ3n) is 3.86. The molecule has 1 aromatic rings. The van der Waals surface area contributed by atoms with Gasteiger partial charge < -0.3 is 10.5 Å². The number of nitrogens with two attached hydrogens (primary N) is 1. The van der Waals surface area contributed by atoms with Gasteiger partial charge in [0.05, 0.1) is 7.11 Å². The van der Waals surface area contributed by atoms with E-state index in [1.807, 2.05) is 6.07 Å². The Bertz CT molecular complexity index is 560. The van der Waals surface area contributed by atoms with Gasteiger partial charge in [0.1, 0.15) is 10.6 Å². The molecule has 1 fully saturated rings. The Labute approximate surface area is 114 Å². The van der Waals surface area contributed by atoms with Crippen molar-refractivity contribution < 1.29 is 13.2 Å². The van der Waals surface area contributed by atoms with E-state index in [0.717, 1.165) is 31.2 Å². The lowest BCUT2D eigenvalue weighted by atomic mass is 9.77. The molecule has 0 bridgehead atoms. The summed E-state index contributed by atoms with van der Waals surface area (Å²) in [5, 5.41) is 0. The summed E-state index contributed by atoms with van der Waals surface area (Å²) in [4.78, 5) is 0.225. The lowest BCUT2D eigenvalue weighted by Crippen LogP contribution is -2.39. The zero-order chi connectivity index (χ0) is 14.1. The molecule has 1 saturated carbocycles. The first-order chi connectivity index (χ1) is 8.88. The first-order valence-corrected chi connectivity index (χ1v) is 8.44. The van der Waals surface area contributed by atoms with E-state index in [9.17, 15) is 8.42 Å². The van der Waals surface area contributed by atoms with Crippen molar-refractivity contribution in [3.63, 3.8) is 0 Å². The van der Waals surface area contributed by atoms with Crippen LogP contribution in [0.5, 0.6) is 5.75 Å². The summed E-state index contributed by atoms with van der Waals surface area (Å²) < 4.78 is 29.0. The number of methoxy groups -OCH3 is 1. The zero-order valence-corrected chi connectivity index (χ0v) is 12.3. The summed E-state index contributed by atoms with van der Waals surface area (Å²) >= 11 is 0. The molecule has 1 aromatic carbocycles. The van der Waals surface area contributed by atoms with Crippen LogP contribution in [0.15, 0.2) is 23.1 Å². The van der Waals surface area contributed by atoms with Crippen LogP contribution in [0.25, 0.3) is 0 Å². The van der Waals surface area contributed by atoms with Crippen LogP contribution in [0.1, 0.15) is 37.7 Å². The van der Waals surface area contributed by atoms with Gasteiger partial charge in [-0.1, -0.05) is 31.4 Å². The molecule has 4 nitrogen and oxygen atoms in total. The van der Waals surface area contributed by atoms with Gasteiger partial charge in [-0.2, -0.15) is 0 Å². The second-order valence-corrected chi connectivity index (χ2v) is 7.31. The van der Waals surface area contributed by atoms with E-state index in [1.54, 1.807) is 12.1 Å². The maximum absolute atomic E-state index is 11.8. The highest BCUT2D eigenvalue weighted by atomic mass is 32.2. The SMILES string of the molecule is COc1c(C2(N)CCCCC2)cccc1S(C)(=O)=O. The quantitative estimate of drug-likeness (QED) is 0.923. The molecule has 0 unspecified atom stereocenters. The average molecular weight is 283 g/mol. The number of sulfone groups is 1. The average Bonchev–Trinajstić information content (AvgIpc) is 2.37. The van der Waals surface area contributed by atoms with Crippen LogP contribution in [0, 0.1) is 0 Å². The summed E-state index contributed by atoms with van der Waals surface area (Å²) in [5.41, 5.74) is 6.84. The maximum Gasteiger partial charge on any atom is 0.179 e. The van der Waals surface area contributed by atoms with E-state index in [1.165, 1.54) is 19.8 Å². The summed E-state index contributed by atoms with van der Waals surface area (Å²) in [6.45, 7) is 0. The van der Waals surface area contributed by atoms with Crippen molar-refractivity contribution in [1.82, 2.24) is 0 Å². The van der Waals surface area contributed by atoms with Crippen LogP contribution in [-0.4, -0.2) is 21.8 Å². The summed E-state index contributed by atoms with van der Waals surface area (Å²) in [6.07, 6.45) is 6.27. The molecule has 19 heavy (non-hydrogen) atoms. The van der Waals surface area contributed by atoms with E-state index >= 15 is 0 Å². The number of hydrogen-bond acceptors (Lipinski definition) is 4. The summed E-state index contributed by atoms with van der Waals surface area (Å²) in [7, 11) is -1.81. The number of ether oxygens (including phenoxy) is 1. The number of benzene rings is 1. The Kier molecular flexibility index (Phi) is 3.87. The van der Waals surface area contributed by atoms with E-state index in [2.05, 4.69) is 0 Å². The Balaban J connectivity index is 2.58. The molecule has 0 aliphatic heterocycles. The van der Waals surface area contributed by atoms with Crippen LogP contribution < -0.4 is 10.5 Å². The van der Waals surface area contributed by atoms with Gasteiger partial charge in [0.25, 0.3) is 0 Å². The third-order valence-corrected chi connectivity index (χ3v) is 4.99. The molecule has 5 heteroatoms. The monoisotopic (exact) mass is 283 g/mol. The molecule has 0 amide bonds. The van der Waals surface area contributed by atoms with E-state index < -0.39 is 15.4 Å². The molecule has 2 N–H and O–H groups in total. The molecular weight excluding hydrogens is 262 g/mol. The first-order valence-electron chi connectivity index (χ1n) is 6.55. The molecule has 0 heterocycles. The van der Waals surface area contributed by atoms with Gasteiger partial charge in [0.2, 0.25) is 0 Å². The standard InChI is InChI=1S/C14H21NO3S/c1-18-13-11(14(15)9-4-3-5-10-14)7-6-8-12(13)19(2,16)17/h6-8H,3-5,9-10,15H2,1-2H3. The van der Waals surface area contributed by atoms with Gasteiger partial charge in [0.15, 0.2) is 9.84 Å². The first kappa shape index (κ1) is 14.3. The fourth-order valence-electron chi connectivity index (χ4n) is 2.86. The Hall–Kier alpha value is -1.07. The van der Waals surface area contributed by atoms with E-state index in [-0.39, 0.29) is 4.90 Å². The highest BCUT2D eigenvalue weighted by molar-refractivity contribution is 7.90. The van der Waals surface area contributed by atoms with Crippen molar-refractivity contribution in [2.75, 3.05) is 13.4 Å². The molecule has 0 aromatic heterocycles. The number of rotatable bonds is 3. The van der Waals surface area contributed by atoms with Crippen molar-refractivity contribution >= 4 is 9.84 Å². The smallest absolute Gasteiger partial charge is 0.179 e. The van der Waals surface area contributed by atoms with Gasteiger partial charge in [-0.05, 0) is 18.9 Å². The molecule has 0 radical (unpaired) electrons. The minimum atomic E-state index is -3.31. The van der Waals surface area contributed by atoms with Gasteiger partial charge in [-0.25, -0.2) is 8.42 Å². The highest BCUT2D eigenvalue weighted by Gasteiger charge is 2.34. The molecule has 0 atom stereocenters. The van der Waals surface area contributed by atoms with Gasteiger partial charge in [0, 0.05) is 17.4 Å². The van der Waals surface area contributed by atoms with Crippen LogP contribution in [0.3, 0.4) is 0 Å². The lowest BCUT2D eigenvalue weighted by molar-refractivity contribution is 0.286. The maximum atomic E-state index is 11.8. The molecule has 0 saturated heterocycles. The van der Waals surface area contributed by atoms with Crippen molar-refractivity contribution in [2.45, 2.75) is 42.5 Å². The second-order valence-electron chi connectivity index (χ2n) is 5.33. The fourth-order valence-corrected chi connectivity index (χ4v) is 3.72. The van der Waals surface area contributed by atoms with E-state index in [4.69, 9.17) is 10.5 Å². The highest BCUT2D eigenvalue weighted by Crippen LogP contribution is 2.41. The lowest BCUT2D eigenvalue weighted by Gasteiger charge is -2.35. The second kappa shape index (κ2) is 5.13. The Morgan fingerprint density at radius 1 is 1.21 bits per heavy atom. The van der Waals surface area contributed by atoms with Crippen molar-refractivity contribution in [3.8, 4) is 5.75 Å². The summed E-state index contributed by atoms with van der Waals surface area (Å²) in [6, 6.07) is 5.21. The summed E-state index contributed by atoms with van der Waals surface area (Å²) in [5.74, 6) is 0.411.